The van der Waals surface area contributed by atoms with Crippen LogP contribution in [0.25, 0.3) is 11.1 Å². The number of para-hydroxylation sites is 3. The highest BCUT2D eigenvalue weighted by Gasteiger charge is 2.18. The van der Waals surface area contributed by atoms with E-state index >= 15 is 0 Å². The highest BCUT2D eigenvalue weighted by molar-refractivity contribution is 5.73. The zero-order valence-electron chi connectivity index (χ0n) is 17.9. The van der Waals surface area contributed by atoms with Crippen molar-refractivity contribution in [3.63, 3.8) is 0 Å². The van der Waals surface area contributed by atoms with Gasteiger partial charge in [-0.05, 0) is 30.2 Å². The van der Waals surface area contributed by atoms with Crippen LogP contribution in [0.2, 0.25) is 0 Å². The lowest BCUT2D eigenvalue weighted by molar-refractivity contribution is 0.303. The molecular formula is C28H27NO2. The van der Waals surface area contributed by atoms with Gasteiger partial charge in [-0.3, -0.25) is 0 Å². The molecule has 3 nitrogen and oxygen atoms in total. The molecule has 0 bridgehead atoms. The summed E-state index contributed by atoms with van der Waals surface area (Å²) in [6, 6.07) is 35.0. The summed E-state index contributed by atoms with van der Waals surface area (Å²) in [5, 5.41) is 3.59. The fourth-order valence-electron chi connectivity index (χ4n) is 3.71. The smallest absolute Gasteiger partial charge is 0.141 e. The summed E-state index contributed by atoms with van der Waals surface area (Å²) in [4.78, 5) is 0. The lowest BCUT2D eigenvalue weighted by Gasteiger charge is -2.23. The average Bonchev–Trinajstić information content (AvgIpc) is 2.84. The Balaban J connectivity index is 1.70. The lowest BCUT2D eigenvalue weighted by Crippen LogP contribution is -2.10. The Morgan fingerprint density at radius 1 is 0.742 bits per heavy atom. The molecule has 156 valence electrons. The van der Waals surface area contributed by atoms with Crippen LogP contribution in [0.5, 0.6) is 11.5 Å². The Labute approximate surface area is 184 Å². The average molecular weight is 410 g/mol. The van der Waals surface area contributed by atoms with Gasteiger partial charge in [0.05, 0.1) is 18.8 Å². The van der Waals surface area contributed by atoms with E-state index in [0.29, 0.717) is 6.61 Å². The van der Waals surface area contributed by atoms with Crippen LogP contribution in [0.4, 0.5) is 5.69 Å². The second kappa shape index (κ2) is 9.86. The van der Waals surface area contributed by atoms with Gasteiger partial charge in [0.15, 0.2) is 0 Å². The van der Waals surface area contributed by atoms with E-state index in [1.807, 2.05) is 48.5 Å². The van der Waals surface area contributed by atoms with Gasteiger partial charge >= 0.3 is 0 Å². The number of ether oxygens (including phenoxy) is 2. The molecule has 1 N–H and O–H groups in total. The molecular weight excluding hydrogens is 382 g/mol. The minimum absolute atomic E-state index is 0.0192. The Bertz CT molecular complexity index is 1110. The minimum Gasteiger partial charge on any atom is -0.495 e. The zero-order chi connectivity index (χ0) is 21.5. The first-order chi connectivity index (χ1) is 15.3. The Morgan fingerprint density at radius 3 is 2.16 bits per heavy atom. The number of hydrogen-bond donors (Lipinski definition) is 1. The SMILES string of the molecule is COc1ccccc1NC(C)c1cccc(-c2ccccc2)c1OCc1ccccc1. The fourth-order valence-corrected chi connectivity index (χ4v) is 3.71. The van der Waals surface area contributed by atoms with E-state index in [1.165, 1.54) is 0 Å². The van der Waals surface area contributed by atoms with Gasteiger partial charge in [-0.25, -0.2) is 0 Å². The van der Waals surface area contributed by atoms with Gasteiger partial charge in [0.1, 0.15) is 18.1 Å². The minimum atomic E-state index is 0.0192. The molecule has 0 aliphatic rings. The highest BCUT2D eigenvalue weighted by Crippen LogP contribution is 2.38. The van der Waals surface area contributed by atoms with Crippen molar-refractivity contribution in [1.82, 2.24) is 0 Å². The fraction of sp³-hybridized carbons (Fsp3) is 0.143. The van der Waals surface area contributed by atoms with Crippen molar-refractivity contribution < 1.29 is 9.47 Å². The van der Waals surface area contributed by atoms with Crippen LogP contribution in [0.1, 0.15) is 24.1 Å². The van der Waals surface area contributed by atoms with Crippen LogP contribution in [0.3, 0.4) is 0 Å². The predicted molar refractivity (Wildman–Crippen MR) is 128 cm³/mol. The van der Waals surface area contributed by atoms with Gasteiger partial charge < -0.3 is 14.8 Å². The molecule has 3 heteroatoms. The van der Waals surface area contributed by atoms with E-state index in [0.717, 1.165) is 39.4 Å². The zero-order valence-corrected chi connectivity index (χ0v) is 17.9. The van der Waals surface area contributed by atoms with Crippen molar-refractivity contribution in [3.8, 4) is 22.6 Å². The highest BCUT2D eigenvalue weighted by atomic mass is 16.5. The summed E-state index contributed by atoms with van der Waals surface area (Å²) in [6.07, 6.45) is 0. The molecule has 4 rings (SSSR count). The monoisotopic (exact) mass is 409 g/mol. The number of nitrogens with one attached hydrogen (secondary N) is 1. The molecule has 0 saturated heterocycles. The summed E-state index contributed by atoms with van der Waals surface area (Å²) in [6.45, 7) is 2.66. The van der Waals surface area contributed by atoms with Gasteiger partial charge in [-0.2, -0.15) is 0 Å². The second-order valence-corrected chi connectivity index (χ2v) is 7.43. The molecule has 31 heavy (non-hydrogen) atoms. The van der Waals surface area contributed by atoms with Crippen LogP contribution in [-0.2, 0) is 6.61 Å². The van der Waals surface area contributed by atoms with E-state index in [2.05, 4.69) is 66.8 Å². The first kappa shape index (κ1) is 20.5. The maximum atomic E-state index is 6.45. The van der Waals surface area contributed by atoms with Gasteiger partial charge in [-0.1, -0.05) is 91.0 Å². The predicted octanol–water partition coefficient (Wildman–Crippen LogP) is 7.11. The second-order valence-electron chi connectivity index (χ2n) is 7.43. The summed E-state index contributed by atoms with van der Waals surface area (Å²) in [5.41, 5.74) is 5.42. The summed E-state index contributed by atoms with van der Waals surface area (Å²) in [7, 11) is 1.69. The van der Waals surface area contributed by atoms with E-state index < -0.39 is 0 Å². The molecule has 1 atom stereocenters. The number of methoxy groups -OCH3 is 1. The number of hydrogen-bond acceptors (Lipinski definition) is 3. The van der Waals surface area contributed by atoms with E-state index in [1.54, 1.807) is 7.11 Å². The molecule has 0 spiro atoms. The molecule has 0 aliphatic heterocycles. The largest absolute Gasteiger partial charge is 0.495 e. The summed E-state index contributed by atoms with van der Waals surface area (Å²) in [5.74, 6) is 1.72. The Hall–Kier alpha value is -3.72. The normalized spacial score (nSPS) is 11.5. The van der Waals surface area contributed by atoms with Crippen LogP contribution < -0.4 is 14.8 Å². The van der Waals surface area contributed by atoms with Crippen molar-refractivity contribution in [2.45, 2.75) is 19.6 Å². The van der Waals surface area contributed by atoms with Crippen LogP contribution in [0, 0.1) is 0 Å². The Morgan fingerprint density at radius 2 is 1.42 bits per heavy atom. The molecule has 4 aromatic rings. The van der Waals surface area contributed by atoms with Gasteiger partial charge in [0, 0.05) is 11.1 Å². The molecule has 0 amide bonds. The molecule has 0 aromatic heterocycles. The van der Waals surface area contributed by atoms with E-state index in [9.17, 15) is 0 Å². The maximum absolute atomic E-state index is 6.45. The van der Waals surface area contributed by atoms with Crippen molar-refractivity contribution >= 4 is 5.69 Å². The molecule has 4 aromatic carbocycles. The molecule has 0 aliphatic carbocycles. The van der Waals surface area contributed by atoms with Gasteiger partial charge in [0.2, 0.25) is 0 Å². The van der Waals surface area contributed by atoms with Crippen LogP contribution in [0.15, 0.2) is 103 Å². The van der Waals surface area contributed by atoms with Gasteiger partial charge in [0.25, 0.3) is 0 Å². The summed E-state index contributed by atoms with van der Waals surface area (Å²) >= 11 is 0. The van der Waals surface area contributed by atoms with Crippen molar-refractivity contribution in [2.24, 2.45) is 0 Å². The maximum Gasteiger partial charge on any atom is 0.141 e. The van der Waals surface area contributed by atoms with Crippen molar-refractivity contribution in [3.05, 3.63) is 114 Å². The molecule has 0 saturated carbocycles. The van der Waals surface area contributed by atoms with Crippen LogP contribution >= 0.6 is 0 Å². The molecule has 0 fully saturated rings. The number of benzene rings is 4. The van der Waals surface area contributed by atoms with Crippen LogP contribution in [-0.4, -0.2) is 7.11 Å². The van der Waals surface area contributed by atoms with Crippen molar-refractivity contribution in [1.29, 1.82) is 0 Å². The number of rotatable bonds is 8. The van der Waals surface area contributed by atoms with E-state index in [4.69, 9.17) is 9.47 Å². The lowest BCUT2D eigenvalue weighted by atomic mass is 9.98. The first-order valence-electron chi connectivity index (χ1n) is 10.5. The van der Waals surface area contributed by atoms with E-state index in [-0.39, 0.29) is 6.04 Å². The standard InChI is InChI=1S/C28H27NO2/c1-21(29-26-18-9-10-19-27(26)30-2)24-16-11-17-25(23-14-7-4-8-15-23)28(24)31-20-22-12-5-3-6-13-22/h3-19,21,29H,20H2,1-2H3. The molecule has 0 heterocycles. The topological polar surface area (TPSA) is 30.5 Å². The van der Waals surface area contributed by atoms with Gasteiger partial charge in [-0.15, -0.1) is 0 Å². The Kier molecular flexibility index (Phi) is 6.53. The third-order valence-electron chi connectivity index (χ3n) is 5.30. The summed E-state index contributed by atoms with van der Waals surface area (Å²) < 4.78 is 12.0. The molecule has 1 unspecified atom stereocenters. The number of anilines is 1. The third kappa shape index (κ3) is 4.89. The quantitative estimate of drug-likeness (QED) is 0.336. The first-order valence-corrected chi connectivity index (χ1v) is 10.5. The third-order valence-corrected chi connectivity index (χ3v) is 5.30. The van der Waals surface area contributed by atoms with Crippen molar-refractivity contribution in [2.75, 3.05) is 12.4 Å². The molecule has 0 radical (unpaired) electrons.